The highest BCUT2D eigenvalue weighted by atomic mass is 16.5. The Labute approximate surface area is 153 Å². The third-order valence-electron chi connectivity index (χ3n) is 5.31. The molecule has 1 amide bonds. The van der Waals surface area contributed by atoms with Crippen LogP contribution in [0.2, 0.25) is 0 Å². The van der Waals surface area contributed by atoms with Gasteiger partial charge in [-0.15, -0.1) is 0 Å². The van der Waals surface area contributed by atoms with E-state index in [1.807, 2.05) is 47.9 Å². The summed E-state index contributed by atoms with van der Waals surface area (Å²) < 4.78 is 7.70. The van der Waals surface area contributed by atoms with E-state index in [1.54, 1.807) is 6.20 Å². The van der Waals surface area contributed by atoms with E-state index in [4.69, 9.17) is 4.74 Å². The minimum Gasteiger partial charge on any atom is -0.489 e. The van der Waals surface area contributed by atoms with Gasteiger partial charge in [0.1, 0.15) is 12.4 Å². The van der Waals surface area contributed by atoms with Gasteiger partial charge in [0.15, 0.2) is 0 Å². The lowest BCUT2D eigenvalue weighted by Crippen LogP contribution is -2.50. The molecule has 1 fully saturated rings. The molecule has 2 aliphatic rings. The molecule has 2 aromatic rings. The highest BCUT2D eigenvalue weighted by molar-refractivity contribution is 5.77. The number of carbonyl (C=O) groups excluding carboxylic acids is 1. The van der Waals surface area contributed by atoms with E-state index >= 15 is 0 Å². The Kier molecular flexibility index (Phi) is 4.51. The summed E-state index contributed by atoms with van der Waals surface area (Å²) in [5, 5.41) is 7.94. The van der Waals surface area contributed by atoms with Gasteiger partial charge in [-0.2, -0.15) is 5.10 Å². The Bertz CT molecular complexity index is 842. The quantitative estimate of drug-likeness (QED) is 0.916. The number of nitrogens with zero attached hydrogens (tertiary/aromatic N) is 3. The Morgan fingerprint density at radius 1 is 1.27 bits per heavy atom. The maximum atomic E-state index is 12.2. The molecule has 1 saturated heterocycles. The monoisotopic (exact) mass is 352 g/mol. The van der Waals surface area contributed by atoms with Crippen LogP contribution in [0.1, 0.15) is 30.1 Å². The molecule has 0 radical (unpaired) electrons. The molecule has 0 aliphatic carbocycles. The average Bonchev–Trinajstić information content (AvgIpc) is 3.08. The molecule has 4 rings (SSSR count). The lowest BCUT2D eigenvalue weighted by molar-refractivity contribution is -0.136. The Morgan fingerprint density at radius 2 is 2.12 bits per heavy atom. The van der Waals surface area contributed by atoms with E-state index in [-0.39, 0.29) is 18.0 Å². The molecule has 0 saturated carbocycles. The maximum Gasteiger partial charge on any atom is 0.222 e. The Balaban J connectivity index is 1.51. The van der Waals surface area contributed by atoms with E-state index in [0.717, 1.165) is 30.0 Å². The van der Waals surface area contributed by atoms with Gasteiger partial charge in [0, 0.05) is 44.9 Å². The molecule has 6 nitrogen and oxygen atoms in total. The number of aryl methyl sites for hydroxylation is 1. The Morgan fingerprint density at radius 3 is 2.92 bits per heavy atom. The van der Waals surface area contributed by atoms with Crippen molar-refractivity contribution < 1.29 is 9.53 Å². The third-order valence-corrected chi connectivity index (χ3v) is 5.31. The molecular formula is C20H24N4O2. The van der Waals surface area contributed by atoms with Crippen LogP contribution in [0.3, 0.4) is 0 Å². The third kappa shape index (κ3) is 3.12. The van der Waals surface area contributed by atoms with Crippen LogP contribution >= 0.6 is 0 Å². The fraction of sp³-hybridized carbons (Fsp3) is 0.400. The molecule has 3 heterocycles. The van der Waals surface area contributed by atoms with E-state index in [1.165, 1.54) is 5.57 Å². The number of fused-ring (bicyclic) bond motifs is 1. The first-order chi connectivity index (χ1) is 12.6. The molecule has 26 heavy (non-hydrogen) atoms. The van der Waals surface area contributed by atoms with Crippen molar-refractivity contribution in [2.75, 3.05) is 20.2 Å². The zero-order valence-corrected chi connectivity index (χ0v) is 15.2. The van der Waals surface area contributed by atoms with Crippen molar-refractivity contribution in [2.24, 2.45) is 7.05 Å². The molecule has 6 heteroatoms. The molecule has 2 aliphatic heterocycles. The standard InChI is InChI=1S/C20H24N4O2/c1-23-19(25)8-7-16(20(23)17-9-10-22-24(17)2)21-12-14-11-15-5-3-4-6-18(15)26-13-14/h3-6,9-11,16,20-21H,7-8,12-13H2,1-2H3/t16-,20-/m1/s1. The smallest absolute Gasteiger partial charge is 0.222 e. The summed E-state index contributed by atoms with van der Waals surface area (Å²) in [6.07, 6.45) is 5.38. The van der Waals surface area contributed by atoms with Crippen molar-refractivity contribution in [3.05, 3.63) is 53.4 Å². The first-order valence-electron chi connectivity index (χ1n) is 9.01. The minimum absolute atomic E-state index is 0.0128. The van der Waals surface area contributed by atoms with Crippen LogP contribution in [0.25, 0.3) is 6.08 Å². The van der Waals surface area contributed by atoms with Gasteiger partial charge >= 0.3 is 0 Å². The highest BCUT2D eigenvalue weighted by Crippen LogP contribution is 2.31. The van der Waals surface area contributed by atoms with Gasteiger partial charge in [0.2, 0.25) is 5.91 Å². The van der Waals surface area contributed by atoms with Gasteiger partial charge in [0.05, 0.1) is 11.7 Å². The second-order valence-corrected chi connectivity index (χ2v) is 6.98. The van der Waals surface area contributed by atoms with E-state index < -0.39 is 0 Å². The van der Waals surface area contributed by atoms with E-state index in [2.05, 4.69) is 22.6 Å². The van der Waals surface area contributed by atoms with Crippen molar-refractivity contribution in [2.45, 2.75) is 24.9 Å². The van der Waals surface area contributed by atoms with Crippen molar-refractivity contribution in [3.8, 4) is 5.75 Å². The molecule has 0 spiro atoms. The second kappa shape index (κ2) is 6.96. The van der Waals surface area contributed by atoms with Crippen molar-refractivity contribution in [1.82, 2.24) is 20.0 Å². The minimum atomic E-state index is -0.0128. The summed E-state index contributed by atoms with van der Waals surface area (Å²) in [7, 11) is 3.81. The molecule has 1 aromatic carbocycles. The first kappa shape index (κ1) is 16.8. The van der Waals surface area contributed by atoms with Gasteiger partial charge in [-0.3, -0.25) is 9.48 Å². The topological polar surface area (TPSA) is 59.4 Å². The average molecular weight is 352 g/mol. The summed E-state index contributed by atoms with van der Waals surface area (Å²) in [6, 6.07) is 10.2. The van der Waals surface area contributed by atoms with Crippen LogP contribution in [-0.2, 0) is 11.8 Å². The predicted molar refractivity (Wildman–Crippen MR) is 99.7 cm³/mol. The molecule has 0 unspecified atom stereocenters. The zero-order valence-electron chi connectivity index (χ0n) is 15.2. The molecule has 1 aromatic heterocycles. The van der Waals surface area contributed by atoms with Gasteiger partial charge in [0.25, 0.3) is 0 Å². The Hall–Kier alpha value is -2.60. The number of hydrogen-bond acceptors (Lipinski definition) is 4. The summed E-state index contributed by atoms with van der Waals surface area (Å²) in [5.41, 5.74) is 3.39. The van der Waals surface area contributed by atoms with Crippen LogP contribution in [0, 0.1) is 0 Å². The summed E-state index contributed by atoms with van der Waals surface area (Å²) >= 11 is 0. The summed E-state index contributed by atoms with van der Waals surface area (Å²) in [5.74, 6) is 1.12. The number of benzene rings is 1. The van der Waals surface area contributed by atoms with Crippen LogP contribution in [-0.4, -0.2) is 46.8 Å². The van der Waals surface area contributed by atoms with E-state index in [0.29, 0.717) is 13.0 Å². The lowest BCUT2D eigenvalue weighted by Gasteiger charge is -2.39. The van der Waals surface area contributed by atoms with Crippen LogP contribution in [0.5, 0.6) is 5.75 Å². The summed E-state index contributed by atoms with van der Waals surface area (Å²) in [4.78, 5) is 14.1. The molecule has 0 bridgehead atoms. The van der Waals surface area contributed by atoms with E-state index in [9.17, 15) is 4.79 Å². The molecule has 1 N–H and O–H groups in total. The van der Waals surface area contributed by atoms with Gasteiger partial charge in [-0.05, 0) is 30.2 Å². The predicted octanol–water partition coefficient (Wildman–Crippen LogP) is 2.15. The fourth-order valence-corrected chi connectivity index (χ4v) is 3.86. The summed E-state index contributed by atoms with van der Waals surface area (Å²) in [6.45, 7) is 1.34. The number of likely N-dealkylation sites (N-methyl/N-ethyl adjacent to an activating group) is 1. The number of nitrogens with one attached hydrogen (secondary N) is 1. The molecule has 2 atom stereocenters. The number of para-hydroxylation sites is 1. The molecular weight excluding hydrogens is 328 g/mol. The zero-order chi connectivity index (χ0) is 18.1. The maximum absolute atomic E-state index is 12.2. The van der Waals surface area contributed by atoms with Crippen LogP contribution in [0.4, 0.5) is 0 Å². The number of likely N-dealkylation sites (tertiary alicyclic amines) is 1. The fourth-order valence-electron chi connectivity index (χ4n) is 3.86. The number of carbonyl (C=O) groups is 1. The van der Waals surface area contributed by atoms with Crippen LogP contribution < -0.4 is 10.1 Å². The number of aromatic nitrogens is 2. The largest absolute Gasteiger partial charge is 0.489 e. The number of rotatable bonds is 4. The van der Waals surface area contributed by atoms with Crippen molar-refractivity contribution >= 4 is 12.0 Å². The number of hydrogen-bond donors (Lipinski definition) is 1. The van der Waals surface area contributed by atoms with Crippen LogP contribution in [0.15, 0.2) is 42.1 Å². The van der Waals surface area contributed by atoms with Gasteiger partial charge < -0.3 is 15.0 Å². The molecule has 136 valence electrons. The highest BCUT2D eigenvalue weighted by Gasteiger charge is 2.36. The number of piperidine rings is 1. The van der Waals surface area contributed by atoms with Gasteiger partial charge in [-0.25, -0.2) is 0 Å². The number of ether oxygens (including phenoxy) is 1. The lowest BCUT2D eigenvalue weighted by atomic mass is 9.93. The second-order valence-electron chi connectivity index (χ2n) is 6.98. The number of amides is 1. The SMILES string of the molecule is CN1C(=O)CC[C@@H](NCC2=Cc3ccccc3OC2)[C@@H]1c1ccnn1C. The first-order valence-corrected chi connectivity index (χ1v) is 9.01. The van der Waals surface area contributed by atoms with Crippen molar-refractivity contribution in [3.63, 3.8) is 0 Å². The van der Waals surface area contributed by atoms with Crippen molar-refractivity contribution in [1.29, 1.82) is 0 Å². The normalized spacial score (nSPS) is 22.6. The van der Waals surface area contributed by atoms with Gasteiger partial charge in [-0.1, -0.05) is 18.2 Å².